The maximum atomic E-state index is 13.4. The molecule has 12 nitrogen and oxygen atoms in total. The van der Waals surface area contributed by atoms with Crippen LogP contribution in [0.4, 0.5) is 0 Å². The zero-order valence-electron chi connectivity index (χ0n) is 21.1. The Kier molecular flexibility index (Phi) is 11.0. The number of rotatable bonds is 13. The Labute approximate surface area is 219 Å². The van der Waals surface area contributed by atoms with Gasteiger partial charge in [0.2, 0.25) is 17.7 Å². The van der Waals surface area contributed by atoms with E-state index in [-0.39, 0.29) is 30.3 Å². The van der Waals surface area contributed by atoms with Crippen molar-refractivity contribution in [3.8, 4) is 11.5 Å². The molecule has 0 heterocycles. The van der Waals surface area contributed by atoms with Gasteiger partial charge >= 0.3 is 5.97 Å². The normalized spacial score (nSPS) is 14.1. The maximum absolute atomic E-state index is 13.4. The number of carboxylic acid groups (broad SMARTS) is 1. The summed E-state index contributed by atoms with van der Waals surface area (Å²) in [7, 11) is 0. The first-order valence-electron chi connectivity index (χ1n) is 12.0. The Morgan fingerprint density at radius 3 is 1.42 bits per heavy atom. The molecule has 0 spiro atoms. The Morgan fingerprint density at radius 1 is 0.711 bits per heavy atom. The lowest BCUT2D eigenvalue weighted by atomic mass is 10.0. The van der Waals surface area contributed by atoms with Crippen LogP contribution in [0.1, 0.15) is 25.0 Å². The molecule has 0 aliphatic heterocycles. The second-order valence-electron chi connectivity index (χ2n) is 9.22. The van der Waals surface area contributed by atoms with Gasteiger partial charge in [0.05, 0.1) is 12.6 Å². The molecule has 2 aromatic carbocycles. The molecule has 2 aromatic rings. The fraction of sp³-hybridized carbons (Fsp3) is 0.385. The van der Waals surface area contributed by atoms with Crippen molar-refractivity contribution >= 4 is 23.7 Å². The van der Waals surface area contributed by atoms with Gasteiger partial charge < -0.3 is 42.1 Å². The van der Waals surface area contributed by atoms with Crippen LogP contribution in [0, 0.1) is 5.92 Å². The number of aromatic hydroxyl groups is 2. The lowest BCUT2D eigenvalue weighted by Crippen LogP contribution is -2.58. The van der Waals surface area contributed by atoms with Crippen molar-refractivity contribution in [3.63, 3.8) is 0 Å². The average molecular weight is 531 g/mol. The summed E-state index contributed by atoms with van der Waals surface area (Å²) >= 11 is 0. The highest BCUT2D eigenvalue weighted by atomic mass is 16.4. The number of nitrogens with two attached hydrogens (primary N) is 1. The topological polar surface area (TPSA) is 211 Å². The van der Waals surface area contributed by atoms with Gasteiger partial charge in [0.25, 0.3) is 0 Å². The molecule has 0 radical (unpaired) electrons. The quantitative estimate of drug-likeness (QED) is 0.166. The monoisotopic (exact) mass is 530 g/mol. The Hall–Kier alpha value is -4.16. The fourth-order valence-electron chi connectivity index (χ4n) is 3.45. The summed E-state index contributed by atoms with van der Waals surface area (Å²) in [4.78, 5) is 50.4. The number of carboxylic acids is 1. The number of phenolic OH excluding ortho intramolecular Hbond substituents is 2. The second kappa shape index (κ2) is 14.0. The zero-order valence-corrected chi connectivity index (χ0v) is 21.1. The first kappa shape index (κ1) is 30.1. The average Bonchev–Trinajstić information content (AvgIpc) is 2.87. The molecule has 0 bridgehead atoms. The Bertz CT molecular complexity index is 1110. The molecule has 0 aromatic heterocycles. The molecule has 9 N–H and O–H groups in total. The number of aliphatic hydroxyl groups excluding tert-OH is 1. The van der Waals surface area contributed by atoms with Crippen molar-refractivity contribution in [1.82, 2.24) is 16.0 Å². The largest absolute Gasteiger partial charge is 0.508 e. The fourth-order valence-corrected chi connectivity index (χ4v) is 3.45. The molecule has 0 fully saturated rings. The Morgan fingerprint density at radius 2 is 1.08 bits per heavy atom. The van der Waals surface area contributed by atoms with Gasteiger partial charge in [-0.15, -0.1) is 0 Å². The van der Waals surface area contributed by atoms with Crippen LogP contribution in [0.25, 0.3) is 0 Å². The van der Waals surface area contributed by atoms with E-state index < -0.39 is 54.5 Å². The van der Waals surface area contributed by atoms with Crippen molar-refractivity contribution in [3.05, 3.63) is 59.7 Å². The highest BCUT2D eigenvalue weighted by Crippen LogP contribution is 2.14. The number of nitrogens with one attached hydrogen (secondary N) is 3. The minimum Gasteiger partial charge on any atom is -0.508 e. The van der Waals surface area contributed by atoms with Gasteiger partial charge in [0.1, 0.15) is 29.6 Å². The van der Waals surface area contributed by atoms with Crippen LogP contribution < -0.4 is 21.7 Å². The SMILES string of the molecule is CC(C)C(N)C(=O)NC(Cc1ccc(O)cc1)C(=O)NC(Cc1ccc(O)cc1)C(=O)NC(CO)C(=O)O. The van der Waals surface area contributed by atoms with Crippen LogP contribution in [0.5, 0.6) is 11.5 Å². The summed E-state index contributed by atoms with van der Waals surface area (Å²) in [6.07, 6.45) is -0.0778. The number of benzene rings is 2. The lowest BCUT2D eigenvalue weighted by molar-refractivity contribution is -0.143. The van der Waals surface area contributed by atoms with E-state index in [2.05, 4.69) is 16.0 Å². The number of amides is 3. The smallest absolute Gasteiger partial charge is 0.328 e. The summed E-state index contributed by atoms with van der Waals surface area (Å²) in [5, 5.41) is 45.0. The number of aliphatic carboxylic acids is 1. The molecule has 0 saturated carbocycles. The van der Waals surface area contributed by atoms with Gasteiger partial charge in [-0.2, -0.15) is 0 Å². The van der Waals surface area contributed by atoms with E-state index in [0.717, 1.165) is 0 Å². The summed E-state index contributed by atoms with van der Waals surface area (Å²) < 4.78 is 0. The molecule has 206 valence electrons. The molecule has 0 aliphatic carbocycles. The van der Waals surface area contributed by atoms with Gasteiger partial charge in [0, 0.05) is 12.8 Å². The molecular weight excluding hydrogens is 496 g/mol. The van der Waals surface area contributed by atoms with Gasteiger partial charge in [-0.05, 0) is 41.3 Å². The first-order valence-corrected chi connectivity index (χ1v) is 12.0. The van der Waals surface area contributed by atoms with E-state index in [1.807, 2.05) is 0 Å². The van der Waals surface area contributed by atoms with E-state index in [9.17, 15) is 39.6 Å². The van der Waals surface area contributed by atoms with E-state index in [4.69, 9.17) is 5.73 Å². The van der Waals surface area contributed by atoms with Crippen molar-refractivity contribution in [2.24, 2.45) is 11.7 Å². The van der Waals surface area contributed by atoms with E-state index >= 15 is 0 Å². The van der Waals surface area contributed by atoms with Crippen LogP contribution in [0.2, 0.25) is 0 Å². The predicted molar refractivity (Wildman–Crippen MR) is 137 cm³/mol. The van der Waals surface area contributed by atoms with Crippen LogP contribution >= 0.6 is 0 Å². The first-order chi connectivity index (χ1) is 17.9. The van der Waals surface area contributed by atoms with Gasteiger partial charge in [-0.25, -0.2) is 4.79 Å². The number of phenols is 2. The predicted octanol–water partition coefficient (Wildman–Crippen LogP) is -0.602. The highest BCUT2D eigenvalue weighted by Gasteiger charge is 2.31. The van der Waals surface area contributed by atoms with Crippen molar-refractivity contribution in [2.75, 3.05) is 6.61 Å². The molecule has 4 unspecified atom stereocenters. The molecule has 38 heavy (non-hydrogen) atoms. The molecule has 2 rings (SSSR count). The summed E-state index contributed by atoms with van der Waals surface area (Å²) in [5.74, 6) is -3.86. The minimum absolute atomic E-state index is 0.00457. The molecule has 4 atom stereocenters. The van der Waals surface area contributed by atoms with Gasteiger partial charge in [0.15, 0.2) is 0 Å². The minimum atomic E-state index is -1.60. The molecule has 0 aliphatic rings. The third-order valence-electron chi connectivity index (χ3n) is 5.84. The Balaban J connectivity index is 2.32. The zero-order chi connectivity index (χ0) is 28.4. The standard InChI is InChI=1S/C26H34N4O8/c1-14(2)22(27)25(36)29-20(12-16-5-9-18(33)10-6-16)23(34)28-19(11-15-3-7-17(32)8-4-15)24(35)30-21(13-31)26(37)38/h3-10,14,19-22,31-33H,11-13,27H2,1-2H3,(H,28,34)(H,29,36)(H,30,35)(H,37,38). The summed E-state index contributed by atoms with van der Waals surface area (Å²) in [6.45, 7) is 2.63. The van der Waals surface area contributed by atoms with E-state index in [1.54, 1.807) is 26.0 Å². The second-order valence-corrected chi connectivity index (χ2v) is 9.22. The van der Waals surface area contributed by atoms with E-state index in [1.165, 1.54) is 36.4 Å². The number of hydrogen-bond acceptors (Lipinski definition) is 8. The number of carbonyl (C=O) groups excluding carboxylic acids is 3. The van der Waals surface area contributed by atoms with Crippen LogP contribution in [0.3, 0.4) is 0 Å². The van der Waals surface area contributed by atoms with Gasteiger partial charge in [-0.1, -0.05) is 38.1 Å². The van der Waals surface area contributed by atoms with E-state index in [0.29, 0.717) is 11.1 Å². The summed E-state index contributed by atoms with van der Waals surface area (Å²) in [5.41, 5.74) is 7.09. The third kappa shape index (κ3) is 9.05. The molecule has 0 saturated heterocycles. The van der Waals surface area contributed by atoms with Crippen LogP contribution in [-0.2, 0) is 32.0 Å². The van der Waals surface area contributed by atoms with Crippen LogP contribution in [0.15, 0.2) is 48.5 Å². The molecular formula is C26H34N4O8. The number of carbonyl (C=O) groups is 4. The third-order valence-corrected chi connectivity index (χ3v) is 5.84. The number of aliphatic hydroxyl groups is 1. The highest BCUT2D eigenvalue weighted by molar-refractivity contribution is 5.94. The van der Waals surface area contributed by atoms with Crippen LogP contribution in [-0.4, -0.2) is 74.9 Å². The molecule has 3 amide bonds. The lowest BCUT2D eigenvalue weighted by Gasteiger charge is -2.26. The van der Waals surface area contributed by atoms with Crippen molar-refractivity contribution < 1.29 is 39.6 Å². The van der Waals surface area contributed by atoms with Crippen molar-refractivity contribution in [1.29, 1.82) is 0 Å². The number of hydrogen-bond donors (Lipinski definition) is 8. The van der Waals surface area contributed by atoms with Gasteiger partial charge in [-0.3, -0.25) is 14.4 Å². The van der Waals surface area contributed by atoms with Crippen molar-refractivity contribution in [2.45, 2.75) is 50.9 Å². The summed E-state index contributed by atoms with van der Waals surface area (Å²) in [6, 6.07) is 6.87. The molecule has 12 heteroatoms. The maximum Gasteiger partial charge on any atom is 0.328 e.